The molecule has 4 nitrogen and oxygen atoms in total. The summed E-state index contributed by atoms with van der Waals surface area (Å²) in [5, 5.41) is 9.66. The van der Waals surface area contributed by atoms with Crippen molar-refractivity contribution in [3.05, 3.63) is 0 Å². The van der Waals surface area contributed by atoms with Gasteiger partial charge in [-0.2, -0.15) is 5.26 Å². The lowest BCUT2D eigenvalue weighted by atomic mass is 9.86. The second-order valence-corrected chi connectivity index (χ2v) is 6.06. The Bertz CT molecular complexity index is 304. The third-order valence-corrected chi connectivity index (χ3v) is 4.67. The largest absolute Gasteiger partial charge is 0.304 e. The summed E-state index contributed by atoms with van der Waals surface area (Å²) in [7, 11) is 2.16. The highest BCUT2D eigenvalue weighted by molar-refractivity contribution is 5.11. The van der Waals surface area contributed by atoms with Crippen molar-refractivity contribution >= 4 is 0 Å². The Morgan fingerprint density at radius 2 is 1.56 bits per heavy atom. The maximum atomic E-state index is 9.66. The highest BCUT2D eigenvalue weighted by atomic mass is 15.3. The highest BCUT2D eigenvalue weighted by Crippen LogP contribution is 2.30. The van der Waals surface area contributed by atoms with Gasteiger partial charge in [-0.15, -0.1) is 0 Å². The summed E-state index contributed by atoms with van der Waals surface area (Å²) in [4.78, 5) is 7.28. The number of likely N-dealkylation sites (tertiary alicyclic amines) is 1. The molecule has 0 amide bonds. The van der Waals surface area contributed by atoms with Crippen molar-refractivity contribution in [3.8, 4) is 6.07 Å². The van der Waals surface area contributed by atoms with Gasteiger partial charge < -0.3 is 9.80 Å². The van der Waals surface area contributed by atoms with Crippen molar-refractivity contribution < 1.29 is 0 Å². The zero-order valence-corrected chi connectivity index (χ0v) is 12.0. The first-order valence-electron chi connectivity index (χ1n) is 7.16. The molecule has 0 radical (unpaired) electrons. The van der Waals surface area contributed by atoms with E-state index in [1.54, 1.807) is 0 Å². The highest BCUT2D eigenvalue weighted by Gasteiger charge is 2.41. The summed E-state index contributed by atoms with van der Waals surface area (Å²) < 4.78 is 0. The van der Waals surface area contributed by atoms with Crippen LogP contribution in [0.25, 0.3) is 0 Å². The van der Waals surface area contributed by atoms with Crippen LogP contribution in [0.3, 0.4) is 0 Å². The Morgan fingerprint density at radius 3 is 2.00 bits per heavy atom. The van der Waals surface area contributed by atoms with Crippen LogP contribution in [0, 0.1) is 11.3 Å². The topological polar surface area (TPSA) is 33.5 Å². The van der Waals surface area contributed by atoms with Crippen LogP contribution < -0.4 is 0 Å². The smallest absolute Gasteiger partial charge is 0.111 e. The fraction of sp³-hybridized carbons (Fsp3) is 0.929. The average molecular weight is 250 g/mol. The summed E-state index contributed by atoms with van der Waals surface area (Å²) in [6.45, 7) is 10.9. The minimum atomic E-state index is -0.188. The molecule has 2 aliphatic heterocycles. The Balaban J connectivity index is 1.98. The molecule has 102 valence electrons. The summed E-state index contributed by atoms with van der Waals surface area (Å²) in [6.07, 6.45) is 2.01. The van der Waals surface area contributed by atoms with Gasteiger partial charge in [0.2, 0.25) is 0 Å². The van der Waals surface area contributed by atoms with E-state index in [9.17, 15) is 5.26 Å². The second-order valence-electron chi connectivity index (χ2n) is 6.06. The standard InChI is InChI=1S/C14H26N4/c1-13(2)17-6-4-14(12-15,5-7-17)18-10-8-16(3)9-11-18/h13H,4-11H2,1-3H3. The monoisotopic (exact) mass is 250 g/mol. The van der Waals surface area contributed by atoms with Gasteiger partial charge in [0.15, 0.2) is 0 Å². The zero-order valence-electron chi connectivity index (χ0n) is 12.0. The number of hydrogen-bond donors (Lipinski definition) is 0. The van der Waals surface area contributed by atoms with Gasteiger partial charge in [-0.1, -0.05) is 0 Å². The number of likely N-dealkylation sites (N-methyl/N-ethyl adjacent to an activating group) is 1. The molecule has 2 fully saturated rings. The number of nitrogens with zero attached hydrogens (tertiary/aromatic N) is 4. The zero-order chi connectivity index (χ0) is 13.2. The molecule has 2 heterocycles. The minimum Gasteiger partial charge on any atom is -0.304 e. The van der Waals surface area contributed by atoms with Gasteiger partial charge in [0.05, 0.1) is 6.07 Å². The summed E-state index contributed by atoms with van der Waals surface area (Å²) in [5.41, 5.74) is -0.188. The van der Waals surface area contributed by atoms with E-state index >= 15 is 0 Å². The van der Waals surface area contributed by atoms with Crippen LogP contribution in [0.2, 0.25) is 0 Å². The second kappa shape index (κ2) is 5.56. The van der Waals surface area contributed by atoms with Crippen LogP contribution in [-0.4, -0.2) is 72.6 Å². The maximum absolute atomic E-state index is 9.66. The molecule has 0 aromatic heterocycles. The Kier molecular flexibility index (Phi) is 4.26. The average Bonchev–Trinajstić information content (AvgIpc) is 2.39. The predicted octanol–water partition coefficient (Wildman–Crippen LogP) is 1.00. The molecule has 0 aliphatic carbocycles. The molecule has 0 aromatic rings. The van der Waals surface area contributed by atoms with Gasteiger partial charge in [-0.25, -0.2) is 0 Å². The first kappa shape index (κ1) is 13.8. The quantitative estimate of drug-likeness (QED) is 0.732. The Labute approximate surface area is 111 Å². The van der Waals surface area contributed by atoms with E-state index < -0.39 is 0 Å². The minimum absolute atomic E-state index is 0.188. The molecule has 0 aromatic carbocycles. The molecule has 18 heavy (non-hydrogen) atoms. The van der Waals surface area contributed by atoms with E-state index in [-0.39, 0.29) is 5.54 Å². The molecular weight excluding hydrogens is 224 g/mol. The van der Waals surface area contributed by atoms with Gasteiger partial charge in [-0.3, -0.25) is 4.90 Å². The Morgan fingerprint density at radius 1 is 1.00 bits per heavy atom. The first-order valence-corrected chi connectivity index (χ1v) is 7.16. The number of nitriles is 1. The fourth-order valence-corrected chi connectivity index (χ4v) is 3.14. The molecule has 0 unspecified atom stereocenters. The lowest BCUT2D eigenvalue weighted by Gasteiger charge is -2.47. The summed E-state index contributed by atoms with van der Waals surface area (Å²) in [6, 6.07) is 3.25. The molecule has 2 aliphatic rings. The van der Waals surface area contributed by atoms with Crippen LogP contribution in [-0.2, 0) is 0 Å². The molecule has 2 saturated heterocycles. The van der Waals surface area contributed by atoms with E-state index in [4.69, 9.17) is 0 Å². The van der Waals surface area contributed by atoms with Crippen molar-refractivity contribution in [1.82, 2.24) is 14.7 Å². The number of hydrogen-bond acceptors (Lipinski definition) is 4. The third-order valence-electron chi connectivity index (χ3n) is 4.67. The van der Waals surface area contributed by atoms with E-state index in [2.05, 4.69) is 41.7 Å². The Hall–Kier alpha value is -0.630. The molecule has 2 rings (SSSR count). The lowest BCUT2D eigenvalue weighted by Crippen LogP contribution is -2.60. The number of piperazine rings is 1. The van der Waals surface area contributed by atoms with Crippen LogP contribution >= 0.6 is 0 Å². The molecule has 0 spiro atoms. The van der Waals surface area contributed by atoms with E-state index in [1.807, 2.05) is 0 Å². The van der Waals surface area contributed by atoms with E-state index in [1.165, 1.54) is 0 Å². The van der Waals surface area contributed by atoms with E-state index in [0.717, 1.165) is 52.1 Å². The van der Waals surface area contributed by atoms with Crippen molar-refractivity contribution in [2.75, 3.05) is 46.3 Å². The van der Waals surface area contributed by atoms with Gasteiger partial charge in [0.1, 0.15) is 5.54 Å². The van der Waals surface area contributed by atoms with Crippen molar-refractivity contribution in [2.45, 2.75) is 38.3 Å². The fourth-order valence-electron chi connectivity index (χ4n) is 3.14. The third kappa shape index (κ3) is 2.69. The van der Waals surface area contributed by atoms with Gasteiger partial charge in [0.25, 0.3) is 0 Å². The molecule has 0 bridgehead atoms. The summed E-state index contributed by atoms with van der Waals surface area (Å²) >= 11 is 0. The number of rotatable bonds is 2. The SMILES string of the molecule is CC(C)N1CCC(C#N)(N2CCN(C)CC2)CC1. The van der Waals surface area contributed by atoms with Crippen molar-refractivity contribution in [3.63, 3.8) is 0 Å². The lowest BCUT2D eigenvalue weighted by molar-refractivity contribution is 0.0207. The van der Waals surface area contributed by atoms with E-state index in [0.29, 0.717) is 6.04 Å². The molecule has 0 saturated carbocycles. The molecule has 0 atom stereocenters. The van der Waals surface area contributed by atoms with Crippen LogP contribution in [0.15, 0.2) is 0 Å². The van der Waals surface area contributed by atoms with Crippen molar-refractivity contribution in [1.29, 1.82) is 5.26 Å². The van der Waals surface area contributed by atoms with Crippen molar-refractivity contribution in [2.24, 2.45) is 0 Å². The molecular formula is C14H26N4. The normalized spacial score (nSPS) is 27.3. The van der Waals surface area contributed by atoms with Crippen LogP contribution in [0.4, 0.5) is 0 Å². The predicted molar refractivity (Wildman–Crippen MR) is 73.4 cm³/mol. The maximum Gasteiger partial charge on any atom is 0.111 e. The van der Waals surface area contributed by atoms with Gasteiger partial charge >= 0.3 is 0 Å². The summed E-state index contributed by atoms with van der Waals surface area (Å²) in [5.74, 6) is 0. The van der Waals surface area contributed by atoms with Gasteiger partial charge in [0, 0.05) is 45.3 Å². The first-order chi connectivity index (χ1) is 8.57. The molecule has 0 N–H and O–H groups in total. The number of piperidine rings is 1. The van der Waals surface area contributed by atoms with Crippen LogP contribution in [0.5, 0.6) is 0 Å². The van der Waals surface area contributed by atoms with Crippen LogP contribution in [0.1, 0.15) is 26.7 Å². The molecule has 4 heteroatoms. The van der Waals surface area contributed by atoms with Gasteiger partial charge in [-0.05, 0) is 33.7 Å².